The van der Waals surface area contributed by atoms with Crippen LogP contribution < -0.4 is 0 Å². The lowest BCUT2D eigenvalue weighted by Crippen LogP contribution is -1.96. The summed E-state index contributed by atoms with van der Waals surface area (Å²) in [6, 6.07) is 0. The SMILES string of the molecule is CC(C)CC1=NCN=N1. The van der Waals surface area contributed by atoms with Crippen LogP contribution in [-0.4, -0.2) is 12.5 Å². The summed E-state index contributed by atoms with van der Waals surface area (Å²) in [5.74, 6) is 1.55. The monoisotopic (exact) mass is 125 g/mol. The van der Waals surface area contributed by atoms with E-state index in [-0.39, 0.29) is 0 Å². The van der Waals surface area contributed by atoms with Gasteiger partial charge in [0.25, 0.3) is 0 Å². The Labute approximate surface area is 54.9 Å². The fourth-order valence-electron chi connectivity index (χ4n) is 0.729. The third-order valence-corrected chi connectivity index (χ3v) is 1.09. The van der Waals surface area contributed by atoms with Gasteiger partial charge in [-0.1, -0.05) is 13.8 Å². The van der Waals surface area contributed by atoms with Gasteiger partial charge in [0, 0.05) is 6.42 Å². The Kier molecular flexibility index (Phi) is 1.92. The Bertz CT molecular complexity index is 146. The molecule has 0 atom stereocenters. The highest BCUT2D eigenvalue weighted by atomic mass is 15.2. The molecule has 3 heteroatoms. The minimum atomic E-state index is 0.544. The molecule has 0 saturated carbocycles. The zero-order valence-corrected chi connectivity index (χ0v) is 5.83. The first kappa shape index (κ1) is 6.39. The Hall–Kier alpha value is -0.730. The lowest BCUT2D eigenvalue weighted by atomic mass is 10.1. The van der Waals surface area contributed by atoms with Crippen LogP contribution in [0.3, 0.4) is 0 Å². The van der Waals surface area contributed by atoms with Crippen molar-refractivity contribution in [3.8, 4) is 0 Å². The van der Waals surface area contributed by atoms with Gasteiger partial charge in [0.05, 0.1) is 0 Å². The molecule has 0 aliphatic carbocycles. The first-order valence-corrected chi connectivity index (χ1v) is 3.20. The van der Waals surface area contributed by atoms with Crippen LogP contribution in [0.15, 0.2) is 15.2 Å². The Morgan fingerprint density at radius 1 is 1.56 bits per heavy atom. The minimum absolute atomic E-state index is 0.544. The average Bonchev–Trinajstić information content (AvgIpc) is 2.15. The van der Waals surface area contributed by atoms with E-state index >= 15 is 0 Å². The summed E-state index contributed by atoms with van der Waals surface area (Å²) in [5, 5.41) is 7.59. The minimum Gasteiger partial charge on any atom is -0.243 e. The van der Waals surface area contributed by atoms with E-state index in [4.69, 9.17) is 0 Å². The number of rotatable bonds is 2. The Morgan fingerprint density at radius 3 is 2.78 bits per heavy atom. The summed E-state index contributed by atoms with van der Waals surface area (Å²) >= 11 is 0. The smallest absolute Gasteiger partial charge is 0.152 e. The zero-order chi connectivity index (χ0) is 6.69. The van der Waals surface area contributed by atoms with Crippen LogP contribution in [0.2, 0.25) is 0 Å². The van der Waals surface area contributed by atoms with Gasteiger partial charge in [-0.15, -0.1) is 5.11 Å². The van der Waals surface area contributed by atoms with E-state index in [2.05, 4.69) is 29.1 Å². The van der Waals surface area contributed by atoms with Crippen molar-refractivity contribution in [1.82, 2.24) is 0 Å². The fraction of sp³-hybridized carbons (Fsp3) is 0.833. The topological polar surface area (TPSA) is 37.1 Å². The first-order chi connectivity index (χ1) is 4.29. The lowest BCUT2D eigenvalue weighted by Gasteiger charge is -1.97. The Morgan fingerprint density at radius 2 is 2.33 bits per heavy atom. The van der Waals surface area contributed by atoms with E-state index in [9.17, 15) is 0 Å². The van der Waals surface area contributed by atoms with Crippen LogP contribution in [0.1, 0.15) is 20.3 Å². The molecule has 0 spiro atoms. The number of hydrogen-bond donors (Lipinski definition) is 0. The molecule has 0 radical (unpaired) electrons. The number of azo groups is 1. The quantitative estimate of drug-likeness (QED) is 0.540. The largest absolute Gasteiger partial charge is 0.243 e. The maximum Gasteiger partial charge on any atom is 0.152 e. The fourth-order valence-corrected chi connectivity index (χ4v) is 0.729. The van der Waals surface area contributed by atoms with E-state index in [1.54, 1.807) is 0 Å². The van der Waals surface area contributed by atoms with Crippen LogP contribution in [-0.2, 0) is 0 Å². The van der Waals surface area contributed by atoms with E-state index in [0.717, 1.165) is 12.3 Å². The molecule has 3 nitrogen and oxygen atoms in total. The maximum absolute atomic E-state index is 4.06. The lowest BCUT2D eigenvalue weighted by molar-refractivity contribution is 0.681. The molecule has 50 valence electrons. The van der Waals surface area contributed by atoms with Crippen molar-refractivity contribution in [3.63, 3.8) is 0 Å². The molecule has 0 fully saturated rings. The van der Waals surface area contributed by atoms with E-state index in [1.807, 2.05) is 0 Å². The molecular formula is C6H11N3. The molecule has 0 amide bonds. The van der Waals surface area contributed by atoms with Crippen LogP contribution in [0.4, 0.5) is 0 Å². The van der Waals surface area contributed by atoms with Gasteiger partial charge in [-0.2, -0.15) is 5.11 Å². The van der Waals surface area contributed by atoms with Gasteiger partial charge < -0.3 is 0 Å². The summed E-state index contributed by atoms with van der Waals surface area (Å²) in [5.41, 5.74) is 0. The summed E-state index contributed by atoms with van der Waals surface area (Å²) in [6.45, 7) is 4.84. The molecule has 0 aromatic heterocycles. The van der Waals surface area contributed by atoms with E-state index in [0.29, 0.717) is 12.6 Å². The van der Waals surface area contributed by atoms with Gasteiger partial charge >= 0.3 is 0 Å². The van der Waals surface area contributed by atoms with Gasteiger partial charge in [-0.3, -0.25) is 0 Å². The zero-order valence-electron chi connectivity index (χ0n) is 5.83. The number of amidine groups is 1. The molecule has 1 aliphatic heterocycles. The van der Waals surface area contributed by atoms with E-state index < -0.39 is 0 Å². The highest BCUT2D eigenvalue weighted by Gasteiger charge is 2.03. The third kappa shape index (κ3) is 1.91. The van der Waals surface area contributed by atoms with Gasteiger partial charge in [0.1, 0.15) is 5.84 Å². The molecule has 1 aliphatic rings. The van der Waals surface area contributed by atoms with Crippen molar-refractivity contribution >= 4 is 5.84 Å². The van der Waals surface area contributed by atoms with Crippen molar-refractivity contribution in [1.29, 1.82) is 0 Å². The van der Waals surface area contributed by atoms with Crippen LogP contribution >= 0.6 is 0 Å². The second kappa shape index (κ2) is 2.71. The molecule has 0 aromatic rings. The van der Waals surface area contributed by atoms with Crippen molar-refractivity contribution < 1.29 is 0 Å². The molecule has 0 unspecified atom stereocenters. The predicted octanol–water partition coefficient (Wildman–Crippen LogP) is 1.85. The summed E-state index contributed by atoms with van der Waals surface area (Å²) in [7, 11) is 0. The molecular weight excluding hydrogens is 114 g/mol. The Balaban J connectivity index is 2.35. The van der Waals surface area contributed by atoms with Crippen molar-refractivity contribution in [3.05, 3.63) is 0 Å². The molecule has 0 N–H and O–H groups in total. The summed E-state index contributed by atoms with van der Waals surface area (Å²) < 4.78 is 0. The van der Waals surface area contributed by atoms with Crippen LogP contribution in [0.25, 0.3) is 0 Å². The molecule has 0 aromatic carbocycles. The van der Waals surface area contributed by atoms with Crippen molar-refractivity contribution in [2.75, 3.05) is 6.67 Å². The predicted molar refractivity (Wildman–Crippen MR) is 36.6 cm³/mol. The molecule has 1 rings (SSSR count). The summed E-state index contributed by atoms with van der Waals surface area (Å²) in [6.07, 6.45) is 0.962. The van der Waals surface area contributed by atoms with Gasteiger partial charge in [0.2, 0.25) is 0 Å². The van der Waals surface area contributed by atoms with Crippen LogP contribution in [0, 0.1) is 5.92 Å². The van der Waals surface area contributed by atoms with Gasteiger partial charge in [0.15, 0.2) is 6.67 Å². The second-order valence-electron chi connectivity index (χ2n) is 2.56. The van der Waals surface area contributed by atoms with Crippen LogP contribution in [0.5, 0.6) is 0 Å². The number of aliphatic imine (C=N–C) groups is 1. The van der Waals surface area contributed by atoms with E-state index in [1.165, 1.54) is 0 Å². The number of nitrogens with zero attached hydrogens (tertiary/aromatic N) is 3. The van der Waals surface area contributed by atoms with Crippen molar-refractivity contribution in [2.45, 2.75) is 20.3 Å². The number of hydrogen-bond acceptors (Lipinski definition) is 3. The van der Waals surface area contributed by atoms with Gasteiger partial charge in [-0.05, 0) is 5.92 Å². The van der Waals surface area contributed by atoms with Crippen molar-refractivity contribution in [2.24, 2.45) is 21.1 Å². The maximum atomic E-state index is 4.06. The summed E-state index contributed by atoms with van der Waals surface area (Å²) in [4.78, 5) is 4.06. The first-order valence-electron chi connectivity index (χ1n) is 3.20. The highest BCUT2D eigenvalue weighted by Crippen LogP contribution is 2.06. The normalized spacial score (nSPS) is 17.0. The second-order valence-corrected chi connectivity index (χ2v) is 2.56. The molecule has 1 heterocycles. The molecule has 9 heavy (non-hydrogen) atoms. The molecule has 0 saturated heterocycles. The molecule has 0 bridgehead atoms. The third-order valence-electron chi connectivity index (χ3n) is 1.09. The highest BCUT2D eigenvalue weighted by molar-refractivity contribution is 5.83. The average molecular weight is 125 g/mol. The standard InChI is InChI=1S/C6H11N3/c1-5(2)3-6-7-4-8-9-6/h5H,3-4H2,1-2H3. The van der Waals surface area contributed by atoms with Gasteiger partial charge in [-0.25, -0.2) is 4.99 Å².